The summed E-state index contributed by atoms with van der Waals surface area (Å²) in [5, 5.41) is 14.5. The Balaban J connectivity index is 1.25. The van der Waals surface area contributed by atoms with Crippen molar-refractivity contribution in [2.75, 3.05) is 13.2 Å². The van der Waals surface area contributed by atoms with Gasteiger partial charge in [-0.2, -0.15) is 0 Å². The molecule has 3 N–H and O–H groups in total. The predicted octanol–water partition coefficient (Wildman–Crippen LogP) is 3.44. The highest BCUT2D eigenvalue weighted by atomic mass is 16.5. The minimum atomic E-state index is -0.979. The van der Waals surface area contributed by atoms with Crippen molar-refractivity contribution in [2.45, 2.75) is 56.8 Å². The van der Waals surface area contributed by atoms with Gasteiger partial charge in [-0.1, -0.05) is 55.5 Å². The SMILES string of the molecule is CC[C@@H](CC(=O)NCC1CCC(C(=O)O)O1)NC(=O)OCC1c2ccccc2-c2ccccc21. The maximum atomic E-state index is 12.5. The molecule has 0 spiro atoms. The molecular formula is C26H30N2O6. The average Bonchev–Trinajstić information content (AvgIpc) is 3.44. The van der Waals surface area contributed by atoms with Crippen molar-refractivity contribution >= 4 is 18.0 Å². The molecule has 0 saturated carbocycles. The van der Waals surface area contributed by atoms with Crippen molar-refractivity contribution in [3.63, 3.8) is 0 Å². The molecule has 1 aliphatic carbocycles. The third-order valence-corrected chi connectivity index (χ3v) is 6.50. The van der Waals surface area contributed by atoms with E-state index in [1.165, 1.54) is 0 Å². The highest BCUT2D eigenvalue weighted by molar-refractivity contribution is 5.79. The number of carbonyl (C=O) groups is 3. The van der Waals surface area contributed by atoms with Crippen LogP contribution in [0.4, 0.5) is 4.79 Å². The number of aliphatic carboxylic acids is 1. The van der Waals surface area contributed by atoms with Crippen LogP contribution in [0, 0.1) is 0 Å². The van der Waals surface area contributed by atoms with E-state index in [2.05, 4.69) is 34.9 Å². The molecule has 3 atom stereocenters. The van der Waals surface area contributed by atoms with E-state index in [-0.39, 0.29) is 43.5 Å². The van der Waals surface area contributed by atoms with Crippen LogP contribution in [0.15, 0.2) is 48.5 Å². The smallest absolute Gasteiger partial charge is 0.407 e. The molecule has 1 fully saturated rings. The fourth-order valence-corrected chi connectivity index (χ4v) is 4.67. The normalized spacial score (nSPS) is 19.7. The van der Waals surface area contributed by atoms with Gasteiger partial charge in [0.1, 0.15) is 6.61 Å². The van der Waals surface area contributed by atoms with Gasteiger partial charge < -0.3 is 25.2 Å². The number of carboxylic acid groups (broad SMARTS) is 1. The molecule has 34 heavy (non-hydrogen) atoms. The molecule has 1 heterocycles. The van der Waals surface area contributed by atoms with Crippen LogP contribution in [0.3, 0.4) is 0 Å². The first-order chi connectivity index (χ1) is 16.5. The zero-order chi connectivity index (χ0) is 24.1. The molecule has 2 aromatic carbocycles. The fraction of sp³-hybridized carbons (Fsp3) is 0.423. The number of benzene rings is 2. The van der Waals surface area contributed by atoms with Crippen molar-refractivity contribution < 1.29 is 29.0 Å². The summed E-state index contributed by atoms with van der Waals surface area (Å²) in [6.45, 7) is 2.36. The van der Waals surface area contributed by atoms with Crippen LogP contribution in [0.1, 0.15) is 49.7 Å². The minimum absolute atomic E-state index is 0.0254. The Bertz CT molecular complexity index is 1010. The summed E-state index contributed by atoms with van der Waals surface area (Å²) in [7, 11) is 0. The van der Waals surface area contributed by atoms with Crippen molar-refractivity contribution in [1.82, 2.24) is 10.6 Å². The topological polar surface area (TPSA) is 114 Å². The van der Waals surface area contributed by atoms with Gasteiger partial charge in [-0.15, -0.1) is 0 Å². The molecular weight excluding hydrogens is 436 g/mol. The second kappa shape index (κ2) is 10.7. The number of carbonyl (C=O) groups excluding carboxylic acids is 2. The summed E-state index contributed by atoms with van der Waals surface area (Å²) in [6.07, 6.45) is 0.0446. The Morgan fingerprint density at radius 3 is 2.29 bits per heavy atom. The van der Waals surface area contributed by atoms with Gasteiger partial charge >= 0.3 is 12.1 Å². The second-order valence-corrected chi connectivity index (χ2v) is 8.75. The van der Waals surface area contributed by atoms with Gasteiger partial charge in [0, 0.05) is 24.9 Å². The van der Waals surface area contributed by atoms with Gasteiger partial charge in [0.2, 0.25) is 5.91 Å². The quantitative estimate of drug-likeness (QED) is 0.522. The number of nitrogens with one attached hydrogen (secondary N) is 2. The van der Waals surface area contributed by atoms with Crippen LogP contribution in [0.25, 0.3) is 11.1 Å². The molecule has 0 radical (unpaired) electrons. The Morgan fingerprint density at radius 1 is 1.06 bits per heavy atom. The first-order valence-corrected chi connectivity index (χ1v) is 11.7. The Morgan fingerprint density at radius 2 is 1.71 bits per heavy atom. The van der Waals surface area contributed by atoms with Gasteiger partial charge in [-0.3, -0.25) is 4.79 Å². The van der Waals surface area contributed by atoms with E-state index in [4.69, 9.17) is 14.6 Å². The molecule has 2 amide bonds. The van der Waals surface area contributed by atoms with E-state index in [0.717, 1.165) is 22.3 Å². The van der Waals surface area contributed by atoms with Crippen molar-refractivity contribution in [1.29, 1.82) is 0 Å². The summed E-state index contributed by atoms with van der Waals surface area (Å²) in [5.74, 6) is -1.23. The van der Waals surface area contributed by atoms with E-state index in [1.54, 1.807) is 0 Å². The van der Waals surface area contributed by atoms with Crippen LogP contribution < -0.4 is 10.6 Å². The van der Waals surface area contributed by atoms with Crippen molar-refractivity contribution in [3.8, 4) is 11.1 Å². The van der Waals surface area contributed by atoms with Gasteiger partial charge in [-0.05, 0) is 41.5 Å². The number of hydrogen-bond acceptors (Lipinski definition) is 5. The van der Waals surface area contributed by atoms with Crippen molar-refractivity contribution in [3.05, 3.63) is 59.7 Å². The summed E-state index contributed by atoms with van der Waals surface area (Å²) in [4.78, 5) is 35.8. The van der Waals surface area contributed by atoms with Gasteiger partial charge in [-0.25, -0.2) is 9.59 Å². The number of rotatable bonds is 9. The van der Waals surface area contributed by atoms with Crippen LogP contribution in [-0.2, 0) is 19.1 Å². The summed E-state index contributed by atoms with van der Waals surface area (Å²) >= 11 is 0. The number of fused-ring (bicyclic) bond motifs is 3. The van der Waals surface area contributed by atoms with Crippen LogP contribution >= 0.6 is 0 Å². The lowest BCUT2D eigenvalue weighted by Gasteiger charge is -2.19. The Hall–Kier alpha value is -3.39. The number of alkyl carbamates (subject to hydrolysis) is 1. The lowest BCUT2D eigenvalue weighted by Crippen LogP contribution is -2.41. The van der Waals surface area contributed by atoms with E-state index >= 15 is 0 Å². The summed E-state index contributed by atoms with van der Waals surface area (Å²) in [6, 6.07) is 15.9. The first-order valence-electron chi connectivity index (χ1n) is 11.7. The highest BCUT2D eigenvalue weighted by Crippen LogP contribution is 2.44. The molecule has 8 heteroatoms. The average molecular weight is 467 g/mol. The molecule has 2 aromatic rings. The molecule has 1 saturated heterocycles. The molecule has 0 bridgehead atoms. The maximum absolute atomic E-state index is 12.5. The monoisotopic (exact) mass is 466 g/mol. The number of hydrogen-bond donors (Lipinski definition) is 3. The Kier molecular flexibility index (Phi) is 7.47. The molecule has 1 aliphatic heterocycles. The van der Waals surface area contributed by atoms with Crippen molar-refractivity contribution in [2.24, 2.45) is 0 Å². The zero-order valence-electron chi connectivity index (χ0n) is 19.2. The number of amides is 2. The first kappa shape index (κ1) is 23.8. The van der Waals surface area contributed by atoms with Crippen LogP contribution in [0.2, 0.25) is 0 Å². The molecule has 2 unspecified atom stereocenters. The van der Waals surface area contributed by atoms with Crippen LogP contribution in [-0.4, -0.2) is 54.5 Å². The lowest BCUT2D eigenvalue weighted by atomic mass is 9.98. The molecule has 180 valence electrons. The van der Waals surface area contributed by atoms with Gasteiger partial charge in [0.05, 0.1) is 6.10 Å². The van der Waals surface area contributed by atoms with E-state index < -0.39 is 18.2 Å². The third kappa shape index (κ3) is 5.39. The fourth-order valence-electron chi connectivity index (χ4n) is 4.67. The van der Waals surface area contributed by atoms with E-state index in [0.29, 0.717) is 19.3 Å². The van der Waals surface area contributed by atoms with Gasteiger partial charge in [0.25, 0.3) is 0 Å². The van der Waals surface area contributed by atoms with Gasteiger partial charge in [0.15, 0.2) is 6.10 Å². The zero-order valence-corrected chi connectivity index (χ0v) is 19.2. The molecule has 8 nitrogen and oxygen atoms in total. The molecule has 4 rings (SSSR count). The molecule has 0 aromatic heterocycles. The standard InChI is InChI=1S/C26H30N2O6/c1-2-16(13-24(29)27-14-17-11-12-23(34-17)25(30)31)28-26(32)33-15-22-20-9-5-3-7-18(20)19-8-4-6-10-21(19)22/h3-10,16-17,22-23H,2,11-15H2,1H3,(H,27,29)(H,28,32)(H,30,31)/t16-,17?,23?/m0/s1. The largest absolute Gasteiger partial charge is 0.479 e. The van der Waals surface area contributed by atoms with Crippen LogP contribution in [0.5, 0.6) is 0 Å². The third-order valence-electron chi connectivity index (χ3n) is 6.50. The van der Waals surface area contributed by atoms with E-state index in [9.17, 15) is 14.4 Å². The predicted molar refractivity (Wildman–Crippen MR) is 125 cm³/mol. The maximum Gasteiger partial charge on any atom is 0.407 e. The minimum Gasteiger partial charge on any atom is -0.479 e. The highest BCUT2D eigenvalue weighted by Gasteiger charge is 2.31. The summed E-state index contributed by atoms with van der Waals surface area (Å²) < 4.78 is 11.0. The number of carboxylic acids is 1. The Labute approximate surface area is 198 Å². The van der Waals surface area contributed by atoms with E-state index in [1.807, 2.05) is 31.2 Å². The lowest BCUT2D eigenvalue weighted by molar-refractivity contribution is -0.149. The number of ether oxygens (including phenoxy) is 2. The molecule has 2 aliphatic rings. The summed E-state index contributed by atoms with van der Waals surface area (Å²) in [5.41, 5.74) is 4.61. The second-order valence-electron chi connectivity index (χ2n) is 8.75.